The second-order valence-corrected chi connectivity index (χ2v) is 8.75. The Morgan fingerprint density at radius 1 is 1.13 bits per heavy atom. The first-order valence-corrected chi connectivity index (χ1v) is 11.4. The van der Waals surface area contributed by atoms with Gasteiger partial charge in [0.2, 0.25) is 0 Å². The number of carbonyl (C=O) groups is 1. The summed E-state index contributed by atoms with van der Waals surface area (Å²) in [5.41, 5.74) is 3.14. The number of nitrogens with zero attached hydrogens (tertiary/aromatic N) is 2. The van der Waals surface area contributed by atoms with E-state index in [1.807, 2.05) is 31.3 Å². The molecule has 1 aromatic carbocycles. The molecule has 0 saturated carbocycles. The Bertz CT molecular complexity index is 861. The normalized spacial score (nSPS) is 20.5. The van der Waals surface area contributed by atoms with Crippen LogP contribution in [0.1, 0.15) is 42.5 Å². The molecule has 2 aliphatic heterocycles. The second kappa shape index (κ2) is 10.2. The van der Waals surface area contributed by atoms with Crippen molar-refractivity contribution >= 4 is 5.91 Å². The van der Waals surface area contributed by atoms with E-state index in [9.17, 15) is 4.79 Å². The SMILES string of the molecule is Cc1ccc(CN2CCC3(CC2)CNC(=O)COc2ccccc2CCCCO3)cn1. The summed E-state index contributed by atoms with van der Waals surface area (Å²) >= 11 is 0. The van der Waals surface area contributed by atoms with E-state index in [2.05, 4.69) is 33.4 Å². The molecule has 0 atom stereocenters. The van der Waals surface area contributed by atoms with Gasteiger partial charge in [0.25, 0.3) is 5.91 Å². The standard InChI is InChI=1S/C25H33N3O3/c1-20-9-10-21(16-26-20)17-28-13-11-25(12-14-28)19-27-24(29)18-30-23-8-3-2-6-22(23)7-4-5-15-31-25/h2-3,6,8-10,16H,4-5,7,11-15,17-19H2,1H3,(H,27,29). The van der Waals surface area contributed by atoms with E-state index in [0.29, 0.717) is 6.54 Å². The molecule has 4 rings (SSSR count). The predicted octanol–water partition coefficient (Wildman–Crippen LogP) is 3.27. The number of rotatable bonds is 2. The van der Waals surface area contributed by atoms with Crippen molar-refractivity contribution in [3.05, 3.63) is 59.4 Å². The number of fused-ring (bicyclic) bond motifs is 1. The largest absolute Gasteiger partial charge is 0.483 e. The van der Waals surface area contributed by atoms with E-state index in [1.54, 1.807) is 0 Å². The maximum absolute atomic E-state index is 12.4. The molecule has 3 heterocycles. The number of para-hydroxylation sites is 1. The number of hydrogen-bond acceptors (Lipinski definition) is 5. The van der Waals surface area contributed by atoms with Gasteiger partial charge in [0.15, 0.2) is 6.61 Å². The third-order valence-corrected chi connectivity index (χ3v) is 6.33. The molecule has 0 unspecified atom stereocenters. The van der Waals surface area contributed by atoms with Crippen LogP contribution in [0.4, 0.5) is 0 Å². The van der Waals surface area contributed by atoms with Crippen molar-refractivity contribution in [2.75, 3.05) is 32.8 Å². The Morgan fingerprint density at radius 3 is 2.77 bits per heavy atom. The van der Waals surface area contributed by atoms with Gasteiger partial charge in [-0.3, -0.25) is 14.7 Å². The predicted molar refractivity (Wildman–Crippen MR) is 120 cm³/mol. The lowest BCUT2D eigenvalue weighted by Gasteiger charge is -2.42. The molecular weight excluding hydrogens is 390 g/mol. The molecule has 166 valence electrons. The monoisotopic (exact) mass is 423 g/mol. The molecule has 1 aromatic heterocycles. The summed E-state index contributed by atoms with van der Waals surface area (Å²) in [6.45, 7) is 6.12. The van der Waals surface area contributed by atoms with Crippen LogP contribution in [0, 0.1) is 6.92 Å². The van der Waals surface area contributed by atoms with Crippen LogP contribution >= 0.6 is 0 Å². The van der Waals surface area contributed by atoms with Gasteiger partial charge in [-0.15, -0.1) is 0 Å². The topological polar surface area (TPSA) is 63.7 Å². The van der Waals surface area contributed by atoms with Gasteiger partial charge >= 0.3 is 0 Å². The molecule has 1 fully saturated rings. The number of hydrogen-bond donors (Lipinski definition) is 1. The molecule has 2 aliphatic rings. The summed E-state index contributed by atoms with van der Waals surface area (Å²) in [6, 6.07) is 12.2. The number of aromatic nitrogens is 1. The second-order valence-electron chi connectivity index (χ2n) is 8.75. The summed E-state index contributed by atoms with van der Waals surface area (Å²) in [4.78, 5) is 19.3. The van der Waals surface area contributed by atoms with Gasteiger partial charge in [0, 0.05) is 44.7 Å². The first-order chi connectivity index (χ1) is 15.1. The zero-order valence-electron chi connectivity index (χ0n) is 18.4. The third kappa shape index (κ3) is 6.05. The fourth-order valence-corrected chi connectivity index (χ4v) is 4.35. The highest BCUT2D eigenvalue weighted by molar-refractivity contribution is 5.77. The number of pyridine rings is 1. The minimum atomic E-state index is -0.293. The Balaban J connectivity index is 1.35. The number of ether oxygens (including phenoxy) is 2. The van der Waals surface area contributed by atoms with Crippen molar-refractivity contribution in [3.8, 4) is 5.75 Å². The molecule has 6 heteroatoms. The van der Waals surface area contributed by atoms with Crippen LogP contribution in [-0.2, 0) is 22.5 Å². The van der Waals surface area contributed by atoms with Crippen molar-refractivity contribution in [2.45, 2.75) is 51.2 Å². The Hall–Kier alpha value is -2.44. The van der Waals surface area contributed by atoms with E-state index in [-0.39, 0.29) is 18.1 Å². The lowest BCUT2D eigenvalue weighted by molar-refractivity contribution is -0.127. The quantitative estimate of drug-likeness (QED) is 0.803. The minimum absolute atomic E-state index is 0.0413. The zero-order chi connectivity index (χ0) is 21.5. The van der Waals surface area contributed by atoms with Crippen LogP contribution in [-0.4, -0.2) is 54.2 Å². The highest BCUT2D eigenvalue weighted by Crippen LogP contribution is 2.28. The molecule has 0 aliphatic carbocycles. The van der Waals surface area contributed by atoms with Crippen molar-refractivity contribution in [2.24, 2.45) is 0 Å². The maximum atomic E-state index is 12.4. The van der Waals surface area contributed by atoms with Gasteiger partial charge in [-0.1, -0.05) is 24.3 Å². The van der Waals surface area contributed by atoms with Crippen molar-refractivity contribution < 1.29 is 14.3 Å². The average Bonchev–Trinajstić information content (AvgIpc) is 2.80. The number of benzene rings is 1. The molecule has 1 spiro atoms. The fourth-order valence-electron chi connectivity index (χ4n) is 4.35. The molecule has 31 heavy (non-hydrogen) atoms. The summed E-state index contributed by atoms with van der Waals surface area (Å²) in [5.74, 6) is 0.719. The number of amides is 1. The first-order valence-electron chi connectivity index (χ1n) is 11.4. The zero-order valence-corrected chi connectivity index (χ0v) is 18.4. The maximum Gasteiger partial charge on any atom is 0.258 e. The molecule has 1 N–H and O–H groups in total. The van der Waals surface area contributed by atoms with Crippen molar-refractivity contribution in [1.29, 1.82) is 0 Å². The lowest BCUT2D eigenvalue weighted by Crippen LogP contribution is -2.53. The Kier molecular flexibility index (Phi) is 7.20. The molecule has 6 nitrogen and oxygen atoms in total. The van der Waals surface area contributed by atoms with E-state index in [4.69, 9.17) is 9.47 Å². The number of carbonyl (C=O) groups excluding carboxylic acids is 1. The summed E-state index contributed by atoms with van der Waals surface area (Å²) in [6.07, 6.45) is 6.77. The molecule has 0 radical (unpaired) electrons. The highest BCUT2D eigenvalue weighted by atomic mass is 16.5. The third-order valence-electron chi connectivity index (χ3n) is 6.33. The fraction of sp³-hybridized carbons (Fsp3) is 0.520. The van der Waals surface area contributed by atoms with Crippen LogP contribution in [0.3, 0.4) is 0 Å². The summed E-state index contributed by atoms with van der Waals surface area (Å²) in [7, 11) is 0. The van der Waals surface area contributed by atoms with Crippen LogP contribution in [0.2, 0.25) is 0 Å². The van der Waals surface area contributed by atoms with Crippen molar-refractivity contribution in [1.82, 2.24) is 15.2 Å². The number of likely N-dealkylation sites (tertiary alicyclic amines) is 1. The molecule has 1 saturated heterocycles. The smallest absolute Gasteiger partial charge is 0.258 e. The minimum Gasteiger partial charge on any atom is -0.483 e. The Labute approximate surface area is 185 Å². The number of piperidine rings is 1. The van der Waals surface area contributed by atoms with Crippen LogP contribution in [0.15, 0.2) is 42.6 Å². The molecule has 0 bridgehead atoms. The molecule has 1 amide bonds. The Morgan fingerprint density at radius 2 is 1.97 bits per heavy atom. The van der Waals surface area contributed by atoms with Gasteiger partial charge in [-0.25, -0.2) is 0 Å². The summed E-state index contributed by atoms with van der Waals surface area (Å²) < 4.78 is 12.3. The van der Waals surface area contributed by atoms with Gasteiger partial charge in [-0.05, 0) is 62.3 Å². The van der Waals surface area contributed by atoms with Gasteiger partial charge in [0.1, 0.15) is 5.75 Å². The van der Waals surface area contributed by atoms with E-state index in [0.717, 1.165) is 75.4 Å². The van der Waals surface area contributed by atoms with Gasteiger partial charge in [-0.2, -0.15) is 0 Å². The van der Waals surface area contributed by atoms with Gasteiger partial charge in [0.05, 0.1) is 5.60 Å². The number of aryl methyl sites for hydroxylation is 2. The van der Waals surface area contributed by atoms with Crippen LogP contribution in [0.5, 0.6) is 5.75 Å². The lowest BCUT2D eigenvalue weighted by atomic mass is 9.90. The summed E-state index contributed by atoms with van der Waals surface area (Å²) in [5, 5.41) is 3.07. The number of nitrogens with one attached hydrogen (secondary N) is 1. The van der Waals surface area contributed by atoms with Crippen molar-refractivity contribution in [3.63, 3.8) is 0 Å². The molecule has 2 aromatic rings. The van der Waals surface area contributed by atoms with E-state index >= 15 is 0 Å². The van der Waals surface area contributed by atoms with Gasteiger partial charge < -0.3 is 14.8 Å². The van der Waals surface area contributed by atoms with Crippen LogP contribution < -0.4 is 10.1 Å². The average molecular weight is 424 g/mol. The highest BCUT2D eigenvalue weighted by Gasteiger charge is 2.36. The van der Waals surface area contributed by atoms with E-state index < -0.39 is 0 Å². The molecular formula is C25H33N3O3. The van der Waals surface area contributed by atoms with E-state index in [1.165, 1.54) is 5.56 Å². The first kappa shape index (κ1) is 21.8. The van der Waals surface area contributed by atoms with Crippen LogP contribution in [0.25, 0.3) is 0 Å².